The number of hydrogen-bond acceptors (Lipinski definition) is 3. The van der Waals surface area contributed by atoms with E-state index in [1.807, 2.05) is 11.3 Å². The first-order valence-corrected chi connectivity index (χ1v) is 21.9. The number of anilines is 3. The lowest BCUT2D eigenvalue weighted by molar-refractivity contribution is 0.670. The zero-order chi connectivity index (χ0) is 40.7. The fourth-order valence-electron chi connectivity index (χ4n) is 9.86. The minimum absolute atomic E-state index is 0.861. The van der Waals surface area contributed by atoms with Crippen LogP contribution in [-0.4, -0.2) is 4.57 Å². The van der Waals surface area contributed by atoms with E-state index in [1.54, 1.807) is 0 Å². The van der Waals surface area contributed by atoms with Gasteiger partial charge in [-0.1, -0.05) is 146 Å². The smallest absolute Gasteiger partial charge is 0.145 e. The molecule has 0 unspecified atom stereocenters. The van der Waals surface area contributed by atoms with E-state index in [0.29, 0.717) is 0 Å². The fourth-order valence-corrected chi connectivity index (χ4v) is 11.0. The third-order valence-corrected chi connectivity index (χ3v) is 13.7. The third-order valence-electron chi connectivity index (χ3n) is 12.6. The van der Waals surface area contributed by atoms with Crippen molar-refractivity contribution in [3.63, 3.8) is 0 Å². The zero-order valence-corrected chi connectivity index (χ0v) is 34.3. The molecule has 0 aliphatic heterocycles. The van der Waals surface area contributed by atoms with Gasteiger partial charge in [0.25, 0.3) is 0 Å². The molecular weight excluding hydrogens is 773 g/mol. The number of benzene rings is 10. The van der Waals surface area contributed by atoms with Crippen molar-refractivity contribution in [2.75, 3.05) is 4.90 Å². The number of para-hydroxylation sites is 3. The molecule has 0 aliphatic rings. The van der Waals surface area contributed by atoms with Gasteiger partial charge in [0.2, 0.25) is 0 Å². The Kier molecular flexibility index (Phi) is 7.78. The van der Waals surface area contributed by atoms with Gasteiger partial charge in [-0.25, -0.2) is 0 Å². The highest BCUT2D eigenvalue weighted by atomic mass is 32.1. The van der Waals surface area contributed by atoms with E-state index in [4.69, 9.17) is 4.42 Å². The van der Waals surface area contributed by atoms with Crippen molar-refractivity contribution in [1.82, 2.24) is 4.57 Å². The predicted octanol–water partition coefficient (Wildman–Crippen LogP) is 17.0. The summed E-state index contributed by atoms with van der Waals surface area (Å²) in [6, 6.07) is 79.1. The number of nitrogens with zero attached hydrogens (tertiary/aromatic N) is 2. The lowest BCUT2D eigenvalue weighted by Crippen LogP contribution is -2.11. The van der Waals surface area contributed by atoms with Gasteiger partial charge in [0.15, 0.2) is 0 Å². The standard InChI is InChI=1S/C58H36N2OS/c1-2-18-42-37(14-1)15-12-23-43(42)38-30-32-40(33-31-38)59(51-26-13-29-55-56(51)48-22-6-10-28-54(48)62-55)52-35-34-44(58-57(52)47-21-5-9-27-53(47)61-58)39-16-11-17-41(36-39)60-49-24-7-3-19-45(49)46-20-4-8-25-50(46)60/h1-36H. The summed E-state index contributed by atoms with van der Waals surface area (Å²) in [4.78, 5) is 2.46. The normalized spacial score (nSPS) is 11.9. The van der Waals surface area contributed by atoms with Crippen LogP contribution in [0.25, 0.3) is 103 Å². The Morgan fingerprint density at radius 1 is 0.403 bits per heavy atom. The van der Waals surface area contributed by atoms with Crippen molar-refractivity contribution in [2.45, 2.75) is 0 Å². The summed E-state index contributed by atoms with van der Waals surface area (Å²) in [5, 5.41) is 9.64. The first-order valence-electron chi connectivity index (χ1n) is 21.1. The molecule has 4 heteroatoms. The maximum absolute atomic E-state index is 7.00. The van der Waals surface area contributed by atoms with Gasteiger partial charge in [0, 0.05) is 53.3 Å². The van der Waals surface area contributed by atoms with E-state index >= 15 is 0 Å². The molecule has 0 saturated carbocycles. The molecule has 13 aromatic rings. The van der Waals surface area contributed by atoms with Gasteiger partial charge in [-0.2, -0.15) is 0 Å². The summed E-state index contributed by atoms with van der Waals surface area (Å²) in [6.07, 6.45) is 0. The van der Waals surface area contributed by atoms with Gasteiger partial charge in [-0.05, 0) is 100 Å². The molecule has 0 saturated heterocycles. The van der Waals surface area contributed by atoms with Crippen molar-refractivity contribution in [1.29, 1.82) is 0 Å². The molecule has 0 atom stereocenters. The quantitative estimate of drug-likeness (QED) is 0.167. The van der Waals surface area contributed by atoms with Gasteiger partial charge in [0.1, 0.15) is 11.2 Å². The van der Waals surface area contributed by atoms with Gasteiger partial charge < -0.3 is 13.9 Å². The summed E-state index contributed by atoms with van der Waals surface area (Å²) < 4.78 is 11.9. The van der Waals surface area contributed by atoms with E-state index in [0.717, 1.165) is 55.8 Å². The van der Waals surface area contributed by atoms with Gasteiger partial charge in [0.05, 0.1) is 27.8 Å². The summed E-state index contributed by atoms with van der Waals surface area (Å²) in [5.41, 5.74) is 13.0. The molecule has 0 bridgehead atoms. The Balaban J connectivity index is 1.05. The summed E-state index contributed by atoms with van der Waals surface area (Å²) in [7, 11) is 0. The molecule has 0 radical (unpaired) electrons. The van der Waals surface area contributed by atoms with Crippen LogP contribution in [0.1, 0.15) is 0 Å². The lowest BCUT2D eigenvalue weighted by atomic mass is 9.97. The van der Waals surface area contributed by atoms with Crippen LogP contribution in [-0.2, 0) is 0 Å². The molecule has 13 rings (SSSR count). The van der Waals surface area contributed by atoms with Crippen LogP contribution in [0.15, 0.2) is 223 Å². The maximum atomic E-state index is 7.00. The van der Waals surface area contributed by atoms with E-state index in [2.05, 4.69) is 228 Å². The molecule has 3 aromatic heterocycles. The minimum atomic E-state index is 0.861. The van der Waals surface area contributed by atoms with Gasteiger partial charge >= 0.3 is 0 Å². The molecule has 0 spiro atoms. The molecule has 3 heterocycles. The molecule has 0 aliphatic carbocycles. The van der Waals surface area contributed by atoms with E-state index in [1.165, 1.54) is 63.9 Å². The second-order valence-corrected chi connectivity index (χ2v) is 17.1. The van der Waals surface area contributed by atoms with Crippen LogP contribution in [0.3, 0.4) is 0 Å². The van der Waals surface area contributed by atoms with Crippen molar-refractivity contribution in [3.8, 4) is 27.9 Å². The first kappa shape index (κ1) is 34.9. The van der Waals surface area contributed by atoms with Crippen LogP contribution < -0.4 is 4.90 Å². The Hall–Kier alpha value is -7.92. The molecule has 0 N–H and O–H groups in total. The largest absolute Gasteiger partial charge is 0.455 e. The predicted molar refractivity (Wildman–Crippen MR) is 264 cm³/mol. The highest BCUT2D eigenvalue weighted by molar-refractivity contribution is 7.26. The van der Waals surface area contributed by atoms with Crippen molar-refractivity contribution in [2.24, 2.45) is 0 Å². The molecule has 10 aromatic carbocycles. The number of furan rings is 1. The van der Waals surface area contributed by atoms with Crippen LogP contribution in [0.4, 0.5) is 17.1 Å². The number of thiophene rings is 1. The SMILES string of the molecule is c1cc(-c2ccc(N(c3ccc(-c4cccc5ccccc45)cc3)c3cccc4sc5ccccc5c34)c3c2oc2ccccc23)cc(-n2c3ccccc3c3ccccc32)c1. The summed E-state index contributed by atoms with van der Waals surface area (Å²) in [5.74, 6) is 0. The Bertz CT molecular complexity index is 3830. The van der Waals surface area contributed by atoms with Crippen molar-refractivity contribution in [3.05, 3.63) is 218 Å². The topological polar surface area (TPSA) is 21.3 Å². The van der Waals surface area contributed by atoms with Crippen LogP contribution in [0, 0.1) is 0 Å². The summed E-state index contributed by atoms with van der Waals surface area (Å²) >= 11 is 1.85. The number of aromatic nitrogens is 1. The average Bonchev–Trinajstić information content (AvgIpc) is 4.02. The van der Waals surface area contributed by atoms with Crippen LogP contribution >= 0.6 is 11.3 Å². The zero-order valence-electron chi connectivity index (χ0n) is 33.5. The molecule has 62 heavy (non-hydrogen) atoms. The lowest BCUT2D eigenvalue weighted by Gasteiger charge is -2.28. The van der Waals surface area contributed by atoms with Gasteiger partial charge in [-0.3, -0.25) is 0 Å². The van der Waals surface area contributed by atoms with Crippen LogP contribution in [0.2, 0.25) is 0 Å². The second-order valence-electron chi connectivity index (χ2n) is 16.0. The molecule has 0 fully saturated rings. The monoisotopic (exact) mass is 808 g/mol. The Morgan fingerprint density at radius 2 is 1.03 bits per heavy atom. The molecule has 3 nitrogen and oxygen atoms in total. The highest BCUT2D eigenvalue weighted by Gasteiger charge is 2.25. The molecular formula is C58H36N2OS. The van der Waals surface area contributed by atoms with Gasteiger partial charge in [-0.15, -0.1) is 11.3 Å². The van der Waals surface area contributed by atoms with Crippen molar-refractivity contribution >= 4 is 103 Å². The third kappa shape index (κ3) is 5.30. The first-order chi connectivity index (χ1) is 30.8. The Morgan fingerprint density at radius 3 is 1.85 bits per heavy atom. The maximum Gasteiger partial charge on any atom is 0.145 e. The Labute approximate surface area is 361 Å². The fraction of sp³-hybridized carbons (Fsp3) is 0. The number of hydrogen-bond donors (Lipinski definition) is 0. The average molecular weight is 809 g/mol. The van der Waals surface area contributed by atoms with Crippen molar-refractivity contribution < 1.29 is 4.42 Å². The van der Waals surface area contributed by atoms with E-state index in [-0.39, 0.29) is 0 Å². The minimum Gasteiger partial charge on any atom is -0.455 e. The second kappa shape index (κ2) is 13.8. The number of fused-ring (bicyclic) bond motifs is 10. The van der Waals surface area contributed by atoms with E-state index < -0.39 is 0 Å². The van der Waals surface area contributed by atoms with E-state index in [9.17, 15) is 0 Å². The van der Waals surface area contributed by atoms with Crippen LogP contribution in [0.5, 0.6) is 0 Å². The molecule has 0 amide bonds. The molecule has 290 valence electrons. The number of rotatable bonds is 6. The highest BCUT2D eigenvalue weighted by Crippen LogP contribution is 2.50. The summed E-state index contributed by atoms with van der Waals surface area (Å²) in [6.45, 7) is 0.